The molecule has 0 amide bonds. The maximum atomic E-state index is 5.75. The van der Waals surface area contributed by atoms with Crippen LogP contribution in [-0.2, 0) is 11.2 Å². The van der Waals surface area contributed by atoms with Gasteiger partial charge in [0.25, 0.3) is 0 Å². The van der Waals surface area contributed by atoms with Crippen molar-refractivity contribution in [3.63, 3.8) is 0 Å². The van der Waals surface area contributed by atoms with Gasteiger partial charge in [-0.25, -0.2) is 0 Å². The standard InChI is InChI=1S/C13H21NOS/c1-11-13(10-14-2,7-8-15-11)6-5-12-4-3-9-16-12/h3-4,9,11,14H,5-8,10H2,1-2H3. The first-order valence-electron chi connectivity index (χ1n) is 6.05. The molecule has 2 atom stereocenters. The molecule has 90 valence electrons. The topological polar surface area (TPSA) is 21.3 Å². The highest BCUT2D eigenvalue weighted by Crippen LogP contribution is 2.38. The summed E-state index contributed by atoms with van der Waals surface area (Å²) in [7, 11) is 2.04. The SMILES string of the molecule is CNCC1(CCc2cccs2)CCOC1C. The fraction of sp³-hybridized carbons (Fsp3) is 0.692. The number of rotatable bonds is 5. The van der Waals surface area contributed by atoms with E-state index < -0.39 is 0 Å². The number of ether oxygens (including phenoxy) is 1. The van der Waals surface area contributed by atoms with Crippen molar-refractivity contribution in [3.8, 4) is 0 Å². The highest BCUT2D eigenvalue weighted by Gasteiger charge is 2.40. The molecule has 1 aliphatic heterocycles. The van der Waals surface area contributed by atoms with Gasteiger partial charge in [-0.2, -0.15) is 0 Å². The van der Waals surface area contributed by atoms with E-state index in [2.05, 4.69) is 29.8 Å². The van der Waals surface area contributed by atoms with Gasteiger partial charge in [0.2, 0.25) is 0 Å². The van der Waals surface area contributed by atoms with Gasteiger partial charge in [0.05, 0.1) is 6.10 Å². The van der Waals surface area contributed by atoms with E-state index in [1.54, 1.807) is 0 Å². The third-order valence-electron chi connectivity index (χ3n) is 3.81. The van der Waals surface area contributed by atoms with Crippen molar-refractivity contribution < 1.29 is 4.74 Å². The quantitative estimate of drug-likeness (QED) is 0.853. The summed E-state index contributed by atoms with van der Waals surface area (Å²) in [5.74, 6) is 0. The van der Waals surface area contributed by atoms with Crippen LogP contribution in [0, 0.1) is 5.41 Å². The summed E-state index contributed by atoms with van der Waals surface area (Å²) in [5.41, 5.74) is 0.346. The second kappa shape index (κ2) is 5.30. The maximum absolute atomic E-state index is 5.75. The summed E-state index contributed by atoms with van der Waals surface area (Å²) in [4.78, 5) is 1.49. The molecule has 1 aliphatic rings. The van der Waals surface area contributed by atoms with E-state index in [4.69, 9.17) is 4.74 Å². The lowest BCUT2D eigenvalue weighted by atomic mass is 9.77. The molecule has 0 radical (unpaired) electrons. The largest absolute Gasteiger partial charge is 0.378 e. The van der Waals surface area contributed by atoms with Crippen LogP contribution in [0.2, 0.25) is 0 Å². The Balaban J connectivity index is 1.97. The van der Waals surface area contributed by atoms with E-state index in [-0.39, 0.29) is 0 Å². The first kappa shape index (κ1) is 12.1. The predicted molar refractivity (Wildman–Crippen MR) is 69.0 cm³/mol. The summed E-state index contributed by atoms with van der Waals surface area (Å²) in [6, 6.07) is 4.37. The second-order valence-corrected chi connectivity index (χ2v) is 5.77. The lowest BCUT2D eigenvalue weighted by Crippen LogP contribution is -2.38. The molecular formula is C13H21NOS. The lowest BCUT2D eigenvalue weighted by molar-refractivity contribution is 0.0597. The van der Waals surface area contributed by atoms with Gasteiger partial charge < -0.3 is 10.1 Å². The van der Waals surface area contributed by atoms with Crippen LogP contribution < -0.4 is 5.32 Å². The molecule has 1 aromatic heterocycles. The van der Waals surface area contributed by atoms with Crippen molar-refractivity contribution in [2.75, 3.05) is 20.2 Å². The highest BCUT2D eigenvalue weighted by atomic mass is 32.1. The third kappa shape index (κ3) is 2.47. The number of aryl methyl sites for hydroxylation is 1. The minimum Gasteiger partial charge on any atom is -0.378 e. The lowest BCUT2D eigenvalue weighted by Gasteiger charge is -2.32. The third-order valence-corrected chi connectivity index (χ3v) is 4.74. The fourth-order valence-electron chi connectivity index (χ4n) is 2.65. The normalized spacial score (nSPS) is 29.8. The molecule has 2 rings (SSSR count). The van der Waals surface area contributed by atoms with Crippen LogP contribution in [0.4, 0.5) is 0 Å². The first-order valence-corrected chi connectivity index (χ1v) is 6.93. The van der Waals surface area contributed by atoms with Crippen LogP contribution in [0.25, 0.3) is 0 Å². The Morgan fingerprint density at radius 1 is 1.62 bits per heavy atom. The smallest absolute Gasteiger partial charge is 0.0616 e. The van der Waals surface area contributed by atoms with Crippen LogP contribution in [-0.4, -0.2) is 26.3 Å². The molecule has 0 aromatic carbocycles. The van der Waals surface area contributed by atoms with Crippen molar-refractivity contribution in [2.45, 2.75) is 32.3 Å². The molecule has 0 bridgehead atoms. The Hall–Kier alpha value is -0.380. The van der Waals surface area contributed by atoms with Crippen molar-refractivity contribution in [3.05, 3.63) is 22.4 Å². The number of hydrogen-bond acceptors (Lipinski definition) is 3. The van der Waals surface area contributed by atoms with E-state index in [1.807, 2.05) is 18.4 Å². The van der Waals surface area contributed by atoms with Gasteiger partial charge >= 0.3 is 0 Å². The van der Waals surface area contributed by atoms with Gasteiger partial charge in [0, 0.05) is 23.4 Å². The number of hydrogen-bond donors (Lipinski definition) is 1. The van der Waals surface area contributed by atoms with Crippen molar-refractivity contribution in [2.24, 2.45) is 5.41 Å². The average Bonchev–Trinajstić information content (AvgIpc) is 2.88. The van der Waals surface area contributed by atoms with Crippen molar-refractivity contribution in [1.29, 1.82) is 0 Å². The maximum Gasteiger partial charge on any atom is 0.0616 e. The molecule has 1 fully saturated rings. The zero-order valence-corrected chi connectivity index (χ0v) is 11.0. The molecule has 0 saturated carbocycles. The molecular weight excluding hydrogens is 218 g/mol. The molecule has 1 N–H and O–H groups in total. The van der Waals surface area contributed by atoms with Gasteiger partial charge in [0.15, 0.2) is 0 Å². The van der Waals surface area contributed by atoms with E-state index >= 15 is 0 Å². The molecule has 2 unspecified atom stereocenters. The van der Waals surface area contributed by atoms with Crippen LogP contribution in [0.15, 0.2) is 17.5 Å². The van der Waals surface area contributed by atoms with Crippen LogP contribution in [0.3, 0.4) is 0 Å². The van der Waals surface area contributed by atoms with Gasteiger partial charge in [-0.15, -0.1) is 11.3 Å². The Kier molecular flexibility index (Phi) is 4.00. The Bertz CT molecular complexity index is 312. The number of thiophene rings is 1. The molecule has 2 heterocycles. The zero-order valence-electron chi connectivity index (χ0n) is 10.2. The Morgan fingerprint density at radius 2 is 2.50 bits per heavy atom. The fourth-order valence-corrected chi connectivity index (χ4v) is 3.36. The number of nitrogens with one attached hydrogen (secondary N) is 1. The summed E-state index contributed by atoms with van der Waals surface area (Å²) < 4.78 is 5.75. The van der Waals surface area contributed by atoms with E-state index in [1.165, 1.54) is 24.1 Å². The Morgan fingerprint density at radius 3 is 3.06 bits per heavy atom. The van der Waals surface area contributed by atoms with Gasteiger partial charge in [-0.3, -0.25) is 0 Å². The van der Waals surface area contributed by atoms with Crippen molar-refractivity contribution >= 4 is 11.3 Å². The second-order valence-electron chi connectivity index (χ2n) is 4.74. The first-order chi connectivity index (χ1) is 7.77. The van der Waals surface area contributed by atoms with Gasteiger partial charge in [0.1, 0.15) is 0 Å². The highest BCUT2D eigenvalue weighted by molar-refractivity contribution is 7.09. The van der Waals surface area contributed by atoms with E-state index in [0.717, 1.165) is 13.2 Å². The minimum absolute atomic E-state index is 0.346. The monoisotopic (exact) mass is 239 g/mol. The molecule has 1 saturated heterocycles. The summed E-state index contributed by atoms with van der Waals surface area (Å²) in [5, 5.41) is 5.50. The van der Waals surface area contributed by atoms with Crippen LogP contribution in [0.5, 0.6) is 0 Å². The predicted octanol–water partition coefficient (Wildman–Crippen LogP) is 2.70. The molecule has 0 spiro atoms. The van der Waals surface area contributed by atoms with E-state index in [0.29, 0.717) is 11.5 Å². The zero-order chi connectivity index (χ0) is 11.4. The molecule has 16 heavy (non-hydrogen) atoms. The molecule has 2 nitrogen and oxygen atoms in total. The molecule has 1 aromatic rings. The van der Waals surface area contributed by atoms with Crippen LogP contribution >= 0.6 is 11.3 Å². The van der Waals surface area contributed by atoms with E-state index in [9.17, 15) is 0 Å². The van der Waals surface area contributed by atoms with Gasteiger partial charge in [-0.1, -0.05) is 6.07 Å². The van der Waals surface area contributed by atoms with Gasteiger partial charge in [-0.05, 0) is 44.7 Å². The summed E-state index contributed by atoms with van der Waals surface area (Å²) in [6.45, 7) is 4.21. The summed E-state index contributed by atoms with van der Waals surface area (Å²) >= 11 is 1.86. The summed E-state index contributed by atoms with van der Waals surface area (Å²) in [6.07, 6.45) is 4.00. The van der Waals surface area contributed by atoms with Crippen LogP contribution in [0.1, 0.15) is 24.6 Å². The Labute approximate surface area is 102 Å². The minimum atomic E-state index is 0.346. The van der Waals surface area contributed by atoms with Crippen molar-refractivity contribution in [1.82, 2.24) is 5.32 Å². The molecule has 3 heteroatoms. The molecule has 0 aliphatic carbocycles. The average molecular weight is 239 g/mol.